The number of aliphatic hydroxyl groups is 4. The molecule has 25 heteroatoms. The van der Waals surface area contributed by atoms with Gasteiger partial charge in [0.05, 0.1) is 21.8 Å². The second-order valence-corrected chi connectivity index (χ2v) is 22.8. The first-order valence-corrected chi connectivity index (χ1v) is 27.8. The van der Waals surface area contributed by atoms with E-state index in [0.717, 1.165) is 28.2 Å². The Kier molecular flexibility index (Phi) is 19.6. The maximum atomic E-state index is 13.4. The van der Waals surface area contributed by atoms with Gasteiger partial charge in [0.2, 0.25) is 17.5 Å². The van der Waals surface area contributed by atoms with Crippen LogP contribution in [0.4, 0.5) is 11.4 Å². The van der Waals surface area contributed by atoms with Crippen LogP contribution < -0.4 is 20.9 Å². The molecule has 23 nitrogen and oxygen atoms in total. The number of hydrogen-bond donors (Lipinski definition) is 9. The fourth-order valence-electron chi connectivity index (χ4n) is 10.3. The van der Waals surface area contributed by atoms with Crippen molar-refractivity contribution in [2.45, 2.75) is 149 Å². The zero-order valence-corrected chi connectivity index (χ0v) is 45.4. The van der Waals surface area contributed by atoms with Gasteiger partial charge in [0.1, 0.15) is 49.2 Å². The summed E-state index contributed by atoms with van der Waals surface area (Å²) in [7, 11) is -6.46. The zero-order chi connectivity index (χ0) is 56.1. The highest BCUT2D eigenvalue weighted by Gasteiger charge is 2.53. The van der Waals surface area contributed by atoms with E-state index < -0.39 is 111 Å². The first-order chi connectivity index (χ1) is 35.7. The summed E-state index contributed by atoms with van der Waals surface area (Å²) in [5.41, 5.74) is 3.70. The largest absolute Gasteiger partial charge is 0.394 e. The number of hydrogen-bond acceptors (Lipinski definition) is 17. The third-order valence-electron chi connectivity index (χ3n) is 14.2. The molecule has 0 spiro atoms. The lowest BCUT2D eigenvalue weighted by Gasteiger charge is -2.47. The van der Waals surface area contributed by atoms with Crippen LogP contribution in [0.5, 0.6) is 0 Å². The number of amides is 3. The number of nitrogens with one attached hydrogen (secondary N) is 3. The summed E-state index contributed by atoms with van der Waals surface area (Å²) in [6.07, 6.45) is -2.31. The first-order valence-electron chi connectivity index (χ1n) is 24.9. The molecule has 6 rings (SSSR count). The Morgan fingerprint density at radius 2 is 1.46 bits per heavy atom. The molecule has 0 saturated carbocycles. The number of allylic oxidation sites excluding steroid dienone is 6. The Hall–Kier alpha value is -5.00. The van der Waals surface area contributed by atoms with E-state index in [4.69, 9.17) is 23.7 Å². The number of benzene rings is 2. The smallest absolute Gasteiger partial charge is 0.294 e. The van der Waals surface area contributed by atoms with Crippen LogP contribution in [0.15, 0.2) is 82.3 Å². The third-order valence-corrected chi connectivity index (χ3v) is 15.9. The highest BCUT2D eigenvalue weighted by atomic mass is 32.2. The molecular weight excluding hydrogens is 1030 g/mol. The predicted molar refractivity (Wildman–Crippen MR) is 275 cm³/mol. The van der Waals surface area contributed by atoms with Crippen LogP contribution in [0, 0.1) is 0 Å². The number of aliphatic hydroxyl groups excluding tert-OH is 4. The molecule has 0 radical (unpaired) electrons. The fourth-order valence-corrected chi connectivity index (χ4v) is 11.3. The van der Waals surface area contributed by atoms with Gasteiger partial charge >= 0.3 is 0 Å². The molecule has 4 aliphatic heterocycles. The molecule has 2 fully saturated rings. The van der Waals surface area contributed by atoms with Crippen molar-refractivity contribution in [1.82, 2.24) is 16.0 Å². The molecule has 10 atom stereocenters. The van der Waals surface area contributed by atoms with Gasteiger partial charge in [-0.15, -0.1) is 0 Å². The van der Waals surface area contributed by atoms with Crippen LogP contribution in [0.25, 0.3) is 0 Å². The van der Waals surface area contributed by atoms with Gasteiger partial charge in [-0.25, -0.2) is 0 Å². The van der Waals surface area contributed by atoms with E-state index in [1.165, 1.54) is 45.4 Å². The van der Waals surface area contributed by atoms with Crippen LogP contribution in [0.1, 0.15) is 78.4 Å². The van der Waals surface area contributed by atoms with Gasteiger partial charge in [0.25, 0.3) is 26.1 Å². The average Bonchev–Trinajstić information content (AvgIpc) is 3.71. The highest BCUT2D eigenvalue weighted by Crippen LogP contribution is 2.49. The molecule has 2 aromatic carbocycles. The van der Waals surface area contributed by atoms with Crippen LogP contribution in [-0.4, -0.2) is 183 Å². The molecule has 4 aliphatic rings. The number of ether oxygens (including phenoxy) is 5. The Morgan fingerprint density at radius 1 is 0.789 bits per heavy atom. The van der Waals surface area contributed by atoms with Crippen molar-refractivity contribution < 1.29 is 89.0 Å². The maximum Gasteiger partial charge on any atom is 0.294 e. The predicted octanol–water partition coefficient (Wildman–Crippen LogP) is 1.24. The first kappa shape index (κ1) is 60.2. The Morgan fingerprint density at radius 3 is 2.09 bits per heavy atom. The van der Waals surface area contributed by atoms with Gasteiger partial charge in [-0.3, -0.25) is 23.5 Å². The number of carbonyl (C=O) groups is 3. The minimum atomic E-state index is -4.52. The number of unbranched alkanes of at least 4 members (excludes halogenated alkanes) is 2. The number of anilines is 1. The van der Waals surface area contributed by atoms with Gasteiger partial charge in [-0.2, -0.15) is 21.4 Å². The Bertz CT molecular complexity index is 2820. The summed E-state index contributed by atoms with van der Waals surface area (Å²) in [5.74, 6) is -1.62. The van der Waals surface area contributed by atoms with Crippen molar-refractivity contribution in [3.05, 3.63) is 83.6 Å². The lowest BCUT2D eigenvalue weighted by Crippen LogP contribution is -2.68. The maximum absolute atomic E-state index is 13.4. The fraction of sp³-hybridized carbons (Fsp3) is 0.569. The van der Waals surface area contributed by atoms with Crippen molar-refractivity contribution in [3.63, 3.8) is 0 Å². The van der Waals surface area contributed by atoms with Crippen molar-refractivity contribution in [2.75, 3.05) is 51.9 Å². The molecular formula is C51H72N5O18S2+. The highest BCUT2D eigenvalue weighted by molar-refractivity contribution is 7.86. The number of nitrogens with zero attached hydrogens (tertiary/aromatic N) is 2. The van der Waals surface area contributed by atoms with Gasteiger partial charge in [0, 0.05) is 81.7 Å². The van der Waals surface area contributed by atoms with Crippen LogP contribution in [-0.2, 0) is 69.1 Å². The average molecular weight is 1110 g/mol. The summed E-state index contributed by atoms with van der Waals surface area (Å²) in [6.45, 7) is 11.5. The van der Waals surface area contributed by atoms with Crippen molar-refractivity contribution in [3.8, 4) is 0 Å². The van der Waals surface area contributed by atoms with E-state index in [9.17, 15) is 60.8 Å². The van der Waals surface area contributed by atoms with E-state index in [1.54, 1.807) is 12.1 Å². The second-order valence-electron chi connectivity index (χ2n) is 20.0. The molecule has 2 aromatic rings. The number of rotatable bonds is 22. The molecule has 0 aromatic heterocycles. The van der Waals surface area contributed by atoms with Crippen LogP contribution in [0.2, 0.25) is 0 Å². The van der Waals surface area contributed by atoms with Crippen molar-refractivity contribution in [1.29, 1.82) is 0 Å². The van der Waals surface area contributed by atoms with Gasteiger partial charge < -0.3 is 65.0 Å². The number of fused-ring (bicyclic) bond motifs is 2. The van der Waals surface area contributed by atoms with Crippen LogP contribution in [0.3, 0.4) is 0 Å². The molecule has 3 amide bonds. The van der Waals surface area contributed by atoms with E-state index in [0.29, 0.717) is 38.0 Å². The molecule has 0 aliphatic carbocycles. The topological polar surface area (TPSA) is 329 Å². The van der Waals surface area contributed by atoms with Gasteiger partial charge in [-0.1, -0.05) is 44.6 Å². The molecule has 9 N–H and O–H groups in total. The second kappa shape index (κ2) is 24.8. The molecule has 420 valence electrons. The number of methoxy groups -OCH3 is 2. The van der Waals surface area contributed by atoms with E-state index in [1.807, 2.05) is 69.9 Å². The molecule has 0 bridgehead atoms. The standard InChI is InChI=1S/C51H71N5O18S2/c1-9-55-34-22-20-30(75(64,65)66)26-33(34)51(5,6)37(55)16-12-10-13-17-38-50(3,4)32-21-19-31(76(67,68)69)27-35(32)56(38)25-15-11-14-18-39(59)52-23-24-53-47(63)46-45(70-7)42(61)43(62)49(74-46)73-44-40(54-29(2)58)48(71-8)72-36(28-57)41(44)60/h10,12-13,16-17,19-22,26-27,36,40-46,48-49,57,60-62H,9,11,14-15,18,23-25,28H2,1-8H3,(H4-,52,53,54,58,59,63,64,65,66,67,68,69)/p+1/t36-,40-,41-,42?,43-,44-,45+,46+,48-,49-/m1/s1. The molecule has 76 heavy (non-hydrogen) atoms. The van der Waals surface area contributed by atoms with E-state index >= 15 is 0 Å². The summed E-state index contributed by atoms with van der Waals surface area (Å²) in [4.78, 5) is 40.0. The zero-order valence-electron chi connectivity index (χ0n) is 43.8. The quantitative estimate of drug-likeness (QED) is 0.0347. The Labute approximate surface area is 443 Å². The van der Waals surface area contributed by atoms with Crippen LogP contribution >= 0.6 is 0 Å². The summed E-state index contributed by atoms with van der Waals surface area (Å²) >= 11 is 0. The van der Waals surface area contributed by atoms with Gasteiger partial charge in [-0.05, 0) is 69.5 Å². The SMILES string of the molecule is CC[N+]1=C(/C=C/C=C/C=C2\N(CCCCCC(=O)NCCNC(=O)[C@H]3O[C@@H](O[C@H]4[C@H](O)[C@@H](CO)O[C@@H](OC)[C@@H]4NC(C)=O)[C@H](O)C(O)[C@@H]3OC)c3cc(S(=O)(=O)O)ccc3C2(C)C)C(C)(C)c2cc(S(=O)(=O)O)ccc21. The lowest BCUT2D eigenvalue weighted by atomic mass is 9.81. The summed E-state index contributed by atoms with van der Waals surface area (Å²) in [5, 5.41) is 50.7. The van der Waals surface area contributed by atoms with Gasteiger partial charge in [0.15, 0.2) is 24.4 Å². The lowest BCUT2D eigenvalue weighted by molar-refractivity contribution is -0.433. The van der Waals surface area contributed by atoms with Crippen molar-refractivity contribution in [2.24, 2.45) is 0 Å². The summed E-state index contributed by atoms with van der Waals surface area (Å²) in [6, 6.07) is 7.93. The molecule has 2 saturated heterocycles. The van der Waals surface area contributed by atoms with E-state index in [2.05, 4.69) is 20.5 Å². The Balaban J connectivity index is 1.04. The monoisotopic (exact) mass is 1110 g/mol. The molecule has 1 unspecified atom stereocenters. The minimum absolute atomic E-state index is 0.0137. The summed E-state index contributed by atoms with van der Waals surface area (Å²) < 4.78 is 98.1. The number of carbonyl (C=O) groups excluding carboxylic acids is 3. The minimum Gasteiger partial charge on any atom is -0.394 e. The normalized spacial score (nSPS) is 27.8. The van der Waals surface area contributed by atoms with E-state index in [-0.39, 0.29) is 35.2 Å². The van der Waals surface area contributed by atoms with Crippen molar-refractivity contribution >= 4 is 55.0 Å². The molecule has 4 heterocycles. The third kappa shape index (κ3) is 13.1.